The van der Waals surface area contributed by atoms with Crippen LogP contribution in [0.3, 0.4) is 0 Å². The minimum absolute atomic E-state index is 0.0298. The summed E-state index contributed by atoms with van der Waals surface area (Å²) < 4.78 is 13.1. The quantitative estimate of drug-likeness (QED) is 0.502. The first-order chi connectivity index (χ1) is 15.2. The Hall–Kier alpha value is -1.42. The summed E-state index contributed by atoms with van der Waals surface area (Å²) in [6.45, 7) is 2.58. The maximum atomic E-state index is 13.6. The highest BCUT2D eigenvalue weighted by Gasteiger charge is 2.25. The molecule has 0 radical (unpaired) electrons. The fraction of sp³-hybridized carbons (Fsp3) is 0.682. The van der Waals surface area contributed by atoms with E-state index in [1.807, 2.05) is 0 Å². The molecular formula is C22H29N3O4S2. The topological polar surface area (TPSA) is 82.5 Å². The van der Waals surface area contributed by atoms with Crippen LogP contribution < -0.4 is 10.9 Å². The number of aromatic nitrogens is 2. The van der Waals surface area contributed by atoms with E-state index < -0.39 is 0 Å². The Balaban J connectivity index is 1.38. The summed E-state index contributed by atoms with van der Waals surface area (Å²) in [6, 6.07) is 0. The Labute approximate surface area is 189 Å². The van der Waals surface area contributed by atoms with Crippen LogP contribution in [-0.2, 0) is 33.7 Å². The number of thiophene rings is 1. The largest absolute Gasteiger partial charge is 0.376 e. The summed E-state index contributed by atoms with van der Waals surface area (Å²) >= 11 is 3.00. The number of carbonyl (C=O) groups is 1. The van der Waals surface area contributed by atoms with Gasteiger partial charge in [-0.2, -0.15) is 0 Å². The number of aryl methyl sites for hydroxylation is 2. The van der Waals surface area contributed by atoms with E-state index >= 15 is 0 Å². The summed E-state index contributed by atoms with van der Waals surface area (Å²) in [5.41, 5.74) is 1.23. The van der Waals surface area contributed by atoms with Gasteiger partial charge in [0.2, 0.25) is 5.91 Å². The van der Waals surface area contributed by atoms with Gasteiger partial charge in [0.15, 0.2) is 5.16 Å². The van der Waals surface area contributed by atoms with E-state index in [9.17, 15) is 9.59 Å². The summed E-state index contributed by atoms with van der Waals surface area (Å²) in [7, 11) is 0. The molecule has 0 saturated carbocycles. The van der Waals surface area contributed by atoms with Gasteiger partial charge in [0, 0.05) is 24.6 Å². The van der Waals surface area contributed by atoms with Crippen molar-refractivity contribution in [2.75, 3.05) is 25.5 Å². The monoisotopic (exact) mass is 463 g/mol. The number of nitrogens with one attached hydrogen (secondary N) is 1. The van der Waals surface area contributed by atoms with Gasteiger partial charge >= 0.3 is 0 Å². The Kier molecular flexibility index (Phi) is 6.64. The van der Waals surface area contributed by atoms with Crippen molar-refractivity contribution in [1.29, 1.82) is 0 Å². The molecule has 1 amide bonds. The van der Waals surface area contributed by atoms with Crippen LogP contribution >= 0.6 is 23.1 Å². The second kappa shape index (κ2) is 9.60. The molecule has 1 N–H and O–H groups in total. The molecule has 0 bridgehead atoms. The Morgan fingerprint density at radius 3 is 2.68 bits per heavy atom. The van der Waals surface area contributed by atoms with E-state index in [2.05, 4.69) is 5.32 Å². The van der Waals surface area contributed by atoms with Gasteiger partial charge in [-0.05, 0) is 56.9 Å². The van der Waals surface area contributed by atoms with E-state index in [1.165, 1.54) is 28.6 Å². The first kappa shape index (κ1) is 21.4. The lowest BCUT2D eigenvalue weighted by molar-refractivity contribution is -0.119. The molecule has 3 aliphatic rings. The summed E-state index contributed by atoms with van der Waals surface area (Å²) in [5, 5.41) is 4.38. The molecule has 0 aromatic carbocycles. The van der Waals surface area contributed by atoms with Crippen molar-refractivity contribution in [1.82, 2.24) is 14.9 Å². The highest BCUT2D eigenvalue weighted by atomic mass is 32.2. The van der Waals surface area contributed by atoms with Gasteiger partial charge in [0.05, 0.1) is 29.9 Å². The van der Waals surface area contributed by atoms with Crippen LogP contribution in [0.2, 0.25) is 0 Å². The number of nitrogens with zero attached hydrogens (tertiary/aromatic N) is 2. The van der Waals surface area contributed by atoms with Crippen LogP contribution in [0.4, 0.5) is 0 Å². The maximum absolute atomic E-state index is 13.6. The van der Waals surface area contributed by atoms with Gasteiger partial charge in [-0.25, -0.2) is 4.98 Å². The Morgan fingerprint density at radius 2 is 1.90 bits per heavy atom. The molecule has 5 rings (SSSR count). The number of ether oxygens (including phenoxy) is 2. The molecule has 2 fully saturated rings. The van der Waals surface area contributed by atoms with E-state index in [1.54, 1.807) is 15.9 Å². The number of rotatable bonds is 7. The minimum atomic E-state index is -0.0519. The SMILES string of the molecule is O=C(CSc1nc2sc3c(c2c(=O)n1C[C@H]1CCCO1)CCCC3)NC[C@@H]1CCCO1. The first-order valence-electron chi connectivity index (χ1n) is 11.4. The molecule has 0 spiro atoms. The molecule has 2 aromatic heterocycles. The van der Waals surface area contributed by atoms with Gasteiger partial charge in [0.25, 0.3) is 5.56 Å². The van der Waals surface area contributed by atoms with Gasteiger partial charge < -0.3 is 14.8 Å². The van der Waals surface area contributed by atoms with E-state index in [-0.39, 0.29) is 29.4 Å². The first-order valence-corrected chi connectivity index (χ1v) is 13.2. The molecule has 1 aliphatic carbocycles. The normalized spacial score (nSPS) is 23.4. The highest BCUT2D eigenvalue weighted by molar-refractivity contribution is 7.99. The van der Waals surface area contributed by atoms with E-state index in [4.69, 9.17) is 14.5 Å². The molecule has 2 atom stereocenters. The molecule has 9 heteroatoms. The minimum Gasteiger partial charge on any atom is -0.376 e. The molecular weight excluding hydrogens is 434 g/mol. The third-order valence-corrected chi connectivity index (χ3v) is 8.50. The van der Waals surface area contributed by atoms with Crippen molar-refractivity contribution in [3.63, 3.8) is 0 Å². The van der Waals surface area contributed by atoms with Crippen molar-refractivity contribution in [3.05, 3.63) is 20.8 Å². The predicted octanol–water partition coefficient (Wildman–Crippen LogP) is 2.90. The number of hydrogen-bond acceptors (Lipinski definition) is 7. The average molecular weight is 464 g/mol. The van der Waals surface area contributed by atoms with Crippen LogP contribution in [-0.4, -0.2) is 53.2 Å². The molecule has 168 valence electrons. The lowest BCUT2D eigenvalue weighted by atomic mass is 9.97. The van der Waals surface area contributed by atoms with Crippen LogP contribution in [0.5, 0.6) is 0 Å². The molecule has 4 heterocycles. The molecule has 2 saturated heterocycles. The lowest BCUT2D eigenvalue weighted by Gasteiger charge is -2.16. The molecule has 2 aliphatic heterocycles. The van der Waals surface area contributed by atoms with Crippen LogP contribution in [0, 0.1) is 0 Å². The van der Waals surface area contributed by atoms with E-state index in [0.717, 1.165) is 68.4 Å². The van der Waals surface area contributed by atoms with Crippen LogP contribution in [0.25, 0.3) is 10.2 Å². The second-order valence-corrected chi connectivity index (χ2v) is 10.6. The number of carbonyl (C=O) groups excluding carboxylic acids is 1. The Morgan fingerprint density at radius 1 is 1.13 bits per heavy atom. The summed E-state index contributed by atoms with van der Waals surface area (Å²) in [4.78, 5) is 33.0. The number of fused-ring (bicyclic) bond motifs is 3. The Bertz CT molecular complexity index is 1010. The molecule has 0 unspecified atom stereocenters. The van der Waals surface area contributed by atoms with Crippen LogP contribution in [0.15, 0.2) is 9.95 Å². The van der Waals surface area contributed by atoms with Crippen molar-refractivity contribution in [3.8, 4) is 0 Å². The van der Waals surface area contributed by atoms with Crippen molar-refractivity contribution >= 4 is 39.2 Å². The van der Waals surface area contributed by atoms with Gasteiger partial charge in [-0.15, -0.1) is 11.3 Å². The zero-order valence-electron chi connectivity index (χ0n) is 17.7. The van der Waals surface area contributed by atoms with E-state index in [0.29, 0.717) is 18.2 Å². The van der Waals surface area contributed by atoms with Crippen molar-refractivity contribution in [2.24, 2.45) is 0 Å². The van der Waals surface area contributed by atoms with Gasteiger partial charge in [-0.1, -0.05) is 11.8 Å². The summed E-state index contributed by atoms with van der Waals surface area (Å²) in [6.07, 6.45) is 8.50. The third kappa shape index (κ3) is 4.69. The smallest absolute Gasteiger partial charge is 0.263 e. The second-order valence-electron chi connectivity index (χ2n) is 8.56. The van der Waals surface area contributed by atoms with Crippen molar-refractivity contribution < 1.29 is 14.3 Å². The van der Waals surface area contributed by atoms with Gasteiger partial charge in [0.1, 0.15) is 4.83 Å². The highest BCUT2D eigenvalue weighted by Crippen LogP contribution is 2.35. The average Bonchev–Trinajstić information content (AvgIpc) is 3.53. The summed E-state index contributed by atoms with van der Waals surface area (Å²) in [5.74, 6) is 0.186. The predicted molar refractivity (Wildman–Crippen MR) is 122 cm³/mol. The lowest BCUT2D eigenvalue weighted by Crippen LogP contribution is -2.33. The fourth-order valence-electron chi connectivity index (χ4n) is 4.70. The van der Waals surface area contributed by atoms with Crippen LogP contribution in [0.1, 0.15) is 49.0 Å². The molecule has 7 nitrogen and oxygen atoms in total. The number of thioether (sulfide) groups is 1. The fourth-order valence-corrected chi connectivity index (χ4v) is 6.84. The molecule has 2 aromatic rings. The standard InChI is InChI=1S/C22H29N3O4S2/c26-18(23-11-14-5-3-9-28-14)13-30-22-24-20-19(16-7-1-2-8-17(16)31-20)21(27)25(22)12-15-6-4-10-29-15/h14-15H,1-13H2,(H,23,26)/t14-,15+/m0/s1. The number of amides is 1. The molecule has 31 heavy (non-hydrogen) atoms. The number of hydrogen-bond donors (Lipinski definition) is 1. The van der Waals surface area contributed by atoms with Crippen molar-refractivity contribution in [2.45, 2.75) is 75.3 Å². The zero-order valence-corrected chi connectivity index (χ0v) is 19.3. The maximum Gasteiger partial charge on any atom is 0.263 e. The third-order valence-electron chi connectivity index (χ3n) is 6.33. The van der Waals surface area contributed by atoms with Gasteiger partial charge in [-0.3, -0.25) is 14.2 Å². The zero-order chi connectivity index (χ0) is 21.2.